The predicted octanol–water partition coefficient (Wildman–Crippen LogP) is 1.77. The van der Waals surface area contributed by atoms with Gasteiger partial charge in [0.25, 0.3) is 0 Å². The van der Waals surface area contributed by atoms with Gasteiger partial charge in [0.05, 0.1) is 32.0 Å². The van der Waals surface area contributed by atoms with Gasteiger partial charge in [0.2, 0.25) is 0 Å². The molecule has 2 N–H and O–H groups in total. The van der Waals surface area contributed by atoms with Crippen LogP contribution >= 0.6 is 15.9 Å². The Morgan fingerprint density at radius 2 is 2.35 bits per heavy atom. The molecule has 1 heterocycles. The van der Waals surface area contributed by atoms with Gasteiger partial charge in [-0.3, -0.25) is 0 Å². The normalized spacial score (nSPS) is 23.9. The zero-order chi connectivity index (χ0) is 12.3. The topological polar surface area (TPSA) is 50.7 Å². The van der Waals surface area contributed by atoms with Crippen molar-refractivity contribution in [3.63, 3.8) is 0 Å². The molecule has 1 aromatic rings. The molecule has 1 aromatic carbocycles. The summed E-state index contributed by atoms with van der Waals surface area (Å²) in [6.07, 6.45) is -0.454. The molecule has 0 saturated carbocycles. The summed E-state index contributed by atoms with van der Waals surface area (Å²) in [7, 11) is 1.66. The van der Waals surface area contributed by atoms with Gasteiger partial charge in [0, 0.05) is 22.8 Å². The molecule has 0 radical (unpaired) electrons. The van der Waals surface area contributed by atoms with Crippen LogP contribution in [0.1, 0.15) is 5.56 Å². The van der Waals surface area contributed by atoms with E-state index in [1.807, 2.05) is 18.2 Å². The van der Waals surface area contributed by atoms with E-state index in [2.05, 4.69) is 21.2 Å². The van der Waals surface area contributed by atoms with Gasteiger partial charge in [-0.2, -0.15) is 0 Å². The number of aliphatic hydroxyl groups is 1. The Bertz CT molecular complexity index is 386. The lowest BCUT2D eigenvalue weighted by molar-refractivity contribution is 0.125. The van der Waals surface area contributed by atoms with E-state index in [9.17, 15) is 5.11 Å². The maximum absolute atomic E-state index is 9.71. The fraction of sp³-hybridized carbons (Fsp3) is 0.500. The van der Waals surface area contributed by atoms with Crippen LogP contribution in [-0.4, -0.2) is 37.6 Å². The SMILES string of the molecule is COCc1c(Br)cccc1NC1COCC1O. The van der Waals surface area contributed by atoms with Crippen LogP contribution in [0.25, 0.3) is 0 Å². The summed E-state index contributed by atoms with van der Waals surface area (Å²) in [5.74, 6) is 0. The minimum absolute atomic E-state index is 0.0556. The number of halogens is 1. The molecule has 0 amide bonds. The third-order valence-electron chi connectivity index (χ3n) is 2.80. The summed E-state index contributed by atoms with van der Waals surface area (Å²) in [5.41, 5.74) is 2.02. The average molecular weight is 302 g/mol. The standard InChI is InChI=1S/C12H16BrNO3/c1-16-5-8-9(13)3-2-4-10(8)14-11-6-17-7-12(11)15/h2-4,11-12,14-15H,5-7H2,1H3. The smallest absolute Gasteiger partial charge is 0.0996 e. The van der Waals surface area contributed by atoms with Crippen molar-refractivity contribution in [2.45, 2.75) is 18.8 Å². The van der Waals surface area contributed by atoms with Crippen LogP contribution in [0, 0.1) is 0 Å². The highest BCUT2D eigenvalue weighted by atomic mass is 79.9. The first-order valence-electron chi connectivity index (χ1n) is 5.51. The van der Waals surface area contributed by atoms with Crippen LogP contribution in [-0.2, 0) is 16.1 Å². The van der Waals surface area contributed by atoms with E-state index in [4.69, 9.17) is 9.47 Å². The van der Waals surface area contributed by atoms with Crippen molar-refractivity contribution in [2.24, 2.45) is 0 Å². The van der Waals surface area contributed by atoms with Crippen LogP contribution < -0.4 is 5.32 Å². The van der Waals surface area contributed by atoms with Crippen molar-refractivity contribution in [1.29, 1.82) is 0 Å². The number of nitrogens with one attached hydrogen (secondary N) is 1. The minimum Gasteiger partial charge on any atom is -0.388 e. The molecule has 17 heavy (non-hydrogen) atoms. The lowest BCUT2D eigenvalue weighted by Gasteiger charge is -2.19. The number of hydrogen-bond acceptors (Lipinski definition) is 4. The molecule has 5 heteroatoms. The van der Waals surface area contributed by atoms with Gasteiger partial charge in [-0.05, 0) is 12.1 Å². The Kier molecular flexibility index (Phi) is 4.39. The van der Waals surface area contributed by atoms with Gasteiger partial charge in [-0.25, -0.2) is 0 Å². The first-order chi connectivity index (χ1) is 8.22. The van der Waals surface area contributed by atoms with Gasteiger partial charge in [0.15, 0.2) is 0 Å². The summed E-state index contributed by atoms with van der Waals surface area (Å²) in [6, 6.07) is 5.85. The van der Waals surface area contributed by atoms with Crippen LogP contribution in [0.15, 0.2) is 22.7 Å². The summed E-state index contributed by atoms with van der Waals surface area (Å²) < 4.78 is 11.4. The van der Waals surface area contributed by atoms with Crippen molar-refractivity contribution in [2.75, 3.05) is 25.6 Å². The molecular formula is C12H16BrNO3. The van der Waals surface area contributed by atoms with Crippen molar-refractivity contribution in [3.8, 4) is 0 Å². The maximum Gasteiger partial charge on any atom is 0.0996 e. The van der Waals surface area contributed by atoms with Gasteiger partial charge in [-0.1, -0.05) is 22.0 Å². The zero-order valence-electron chi connectivity index (χ0n) is 9.65. The zero-order valence-corrected chi connectivity index (χ0v) is 11.2. The molecular weight excluding hydrogens is 286 g/mol. The Balaban J connectivity index is 2.16. The lowest BCUT2D eigenvalue weighted by atomic mass is 10.1. The highest BCUT2D eigenvalue weighted by molar-refractivity contribution is 9.10. The third-order valence-corrected chi connectivity index (χ3v) is 3.54. The lowest BCUT2D eigenvalue weighted by Crippen LogP contribution is -2.32. The van der Waals surface area contributed by atoms with Crippen LogP contribution in [0.2, 0.25) is 0 Å². The number of anilines is 1. The molecule has 2 rings (SSSR count). The Labute approximate surface area is 109 Å². The van der Waals surface area contributed by atoms with E-state index >= 15 is 0 Å². The molecule has 4 nitrogen and oxygen atoms in total. The number of aliphatic hydroxyl groups excluding tert-OH is 1. The van der Waals surface area contributed by atoms with Gasteiger partial charge in [-0.15, -0.1) is 0 Å². The van der Waals surface area contributed by atoms with Gasteiger partial charge in [0.1, 0.15) is 0 Å². The van der Waals surface area contributed by atoms with Crippen LogP contribution in [0.4, 0.5) is 5.69 Å². The second-order valence-electron chi connectivity index (χ2n) is 4.05. The molecule has 1 fully saturated rings. The van der Waals surface area contributed by atoms with Crippen molar-refractivity contribution in [3.05, 3.63) is 28.2 Å². The fourth-order valence-corrected chi connectivity index (χ4v) is 2.35. The number of methoxy groups -OCH3 is 1. The number of rotatable bonds is 4. The highest BCUT2D eigenvalue weighted by Crippen LogP contribution is 2.27. The van der Waals surface area contributed by atoms with Crippen molar-refractivity contribution < 1.29 is 14.6 Å². The highest BCUT2D eigenvalue weighted by Gasteiger charge is 2.26. The first kappa shape index (κ1) is 12.8. The molecule has 0 spiro atoms. The van der Waals surface area contributed by atoms with Crippen LogP contribution in [0.3, 0.4) is 0 Å². The molecule has 94 valence electrons. The monoisotopic (exact) mass is 301 g/mol. The minimum atomic E-state index is -0.454. The quantitative estimate of drug-likeness (QED) is 0.890. The maximum atomic E-state index is 9.71. The Morgan fingerprint density at radius 3 is 3.00 bits per heavy atom. The summed E-state index contributed by atoms with van der Waals surface area (Å²) >= 11 is 3.50. The molecule has 0 bridgehead atoms. The Hall–Kier alpha value is -0.620. The molecule has 2 unspecified atom stereocenters. The molecule has 0 aromatic heterocycles. The molecule has 1 aliphatic heterocycles. The number of hydrogen-bond donors (Lipinski definition) is 2. The largest absolute Gasteiger partial charge is 0.388 e. The molecule has 0 aliphatic carbocycles. The van der Waals surface area contributed by atoms with Crippen molar-refractivity contribution >= 4 is 21.6 Å². The summed E-state index contributed by atoms with van der Waals surface area (Å²) in [6.45, 7) is 1.44. The second-order valence-corrected chi connectivity index (χ2v) is 4.91. The number of benzene rings is 1. The number of ether oxygens (including phenoxy) is 2. The Morgan fingerprint density at radius 1 is 1.53 bits per heavy atom. The van der Waals surface area contributed by atoms with Crippen molar-refractivity contribution in [1.82, 2.24) is 0 Å². The fourth-order valence-electron chi connectivity index (χ4n) is 1.87. The van der Waals surface area contributed by atoms with E-state index in [1.165, 1.54) is 0 Å². The third kappa shape index (κ3) is 2.98. The van der Waals surface area contributed by atoms with Gasteiger partial charge >= 0.3 is 0 Å². The van der Waals surface area contributed by atoms with E-state index in [-0.39, 0.29) is 6.04 Å². The predicted molar refractivity (Wildman–Crippen MR) is 69.1 cm³/mol. The second kappa shape index (κ2) is 5.82. The average Bonchev–Trinajstić information content (AvgIpc) is 2.70. The summed E-state index contributed by atoms with van der Waals surface area (Å²) in [4.78, 5) is 0. The molecule has 1 saturated heterocycles. The first-order valence-corrected chi connectivity index (χ1v) is 6.30. The van der Waals surface area contributed by atoms with Gasteiger partial charge < -0.3 is 19.9 Å². The van der Waals surface area contributed by atoms with E-state index < -0.39 is 6.10 Å². The van der Waals surface area contributed by atoms with Crippen LogP contribution in [0.5, 0.6) is 0 Å². The molecule has 2 atom stereocenters. The summed E-state index contributed by atoms with van der Waals surface area (Å²) in [5, 5.41) is 13.0. The van der Waals surface area contributed by atoms with E-state index in [1.54, 1.807) is 7.11 Å². The van der Waals surface area contributed by atoms with E-state index in [0.29, 0.717) is 19.8 Å². The molecule has 1 aliphatic rings. The van der Waals surface area contributed by atoms with E-state index in [0.717, 1.165) is 15.7 Å².